The van der Waals surface area contributed by atoms with Crippen LogP contribution in [0.15, 0.2) is 36.4 Å². The second-order valence-electron chi connectivity index (χ2n) is 5.93. The molecule has 3 rings (SSSR count). The summed E-state index contributed by atoms with van der Waals surface area (Å²) >= 11 is 5.90. The van der Waals surface area contributed by atoms with Crippen molar-refractivity contribution in [2.75, 3.05) is 32.2 Å². The summed E-state index contributed by atoms with van der Waals surface area (Å²) in [5.41, 5.74) is 0.795. The molecule has 2 aromatic rings. The van der Waals surface area contributed by atoms with Crippen LogP contribution in [0.3, 0.4) is 0 Å². The summed E-state index contributed by atoms with van der Waals surface area (Å²) in [5, 5.41) is 15.5. The van der Waals surface area contributed by atoms with Crippen molar-refractivity contribution in [3.63, 3.8) is 0 Å². The van der Waals surface area contributed by atoms with Crippen molar-refractivity contribution in [2.45, 2.75) is 6.10 Å². The van der Waals surface area contributed by atoms with Crippen molar-refractivity contribution in [3.05, 3.63) is 47.0 Å². The van der Waals surface area contributed by atoms with E-state index >= 15 is 0 Å². The van der Waals surface area contributed by atoms with Crippen molar-refractivity contribution in [1.29, 1.82) is 0 Å². The van der Waals surface area contributed by atoms with E-state index in [2.05, 4.69) is 10.6 Å². The molecule has 0 aromatic heterocycles. The van der Waals surface area contributed by atoms with Gasteiger partial charge in [0.1, 0.15) is 19.0 Å². The summed E-state index contributed by atoms with van der Waals surface area (Å²) in [6.45, 7) is 0.743. The third-order valence-corrected chi connectivity index (χ3v) is 4.26. The molecule has 0 bridgehead atoms. The van der Waals surface area contributed by atoms with Crippen LogP contribution in [-0.4, -0.2) is 43.8 Å². The van der Waals surface area contributed by atoms with E-state index in [1.54, 1.807) is 30.3 Å². The van der Waals surface area contributed by atoms with Crippen molar-refractivity contribution >= 4 is 29.1 Å². The number of benzene rings is 2. The van der Waals surface area contributed by atoms with E-state index in [9.17, 15) is 14.7 Å². The van der Waals surface area contributed by atoms with E-state index in [0.29, 0.717) is 41.0 Å². The van der Waals surface area contributed by atoms with Crippen LogP contribution in [0.2, 0.25) is 5.02 Å². The number of aliphatic hydroxyl groups is 1. The van der Waals surface area contributed by atoms with Gasteiger partial charge in [-0.3, -0.25) is 9.59 Å². The van der Waals surface area contributed by atoms with Crippen LogP contribution in [0.5, 0.6) is 17.2 Å². The summed E-state index contributed by atoms with van der Waals surface area (Å²) < 4.78 is 16.0. The van der Waals surface area contributed by atoms with E-state index in [1.807, 2.05) is 0 Å². The van der Waals surface area contributed by atoms with Gasteiger partial charge in [0.2, 0.25) is 0 Å². The fourth-order valence-electron chi connectivity index (χ4n) is 2.61. The van der Waals surface area contributed by atoms with E-state index in [-0.39, 0.29) is 12.2 Å². The topological polar surface area (TPSA) is 106 Å². The molecule has 1 aliphatic rings. The molecule has 8 nitrogen and oxygen atoms in total. The number of rotatable bonds is 5. The number of methoxy groups -OCH3 is 1. The Balaban J connectivity index is 1.57. The SMILES string of the molecule is COc1ccc(Cl)cc1NC(=O)C(=O)NC[C@@H](O)c1ccc2c(c1)OCCO2. The molecule has 28 heavy (non-hydrogen) atoms. The monoisotopic (exact) mass is 406 g/mol. The lowest BCUT2D eigenvalue weighted by Crippen LogP contribution is -2.37. The van der Waals surface area contributed by atoms with Crippen LogP contribution in [0.25, 0.3) is 0 Å². The molecule has 0 saturated heterocycles. The Labute approximate surface area is 166 Å². The standard InChI is InChI=1S/C19H19ClN2O6/c1-26-15-5-3-12(20)9-13(15)22-19(25)18(24)21-10-14(23)11-2-4-16-17(8-11)28-7-6-27-16/h2-5,8-9,14,23H,6-7,10H2,1H3,(H,21,24)(H,22,25)/t14-/m1/s1. The van der Waals surface area contributed by atoms with Gasteiger partial charge in [0.15, 0.2) is 11.5 Å². The summed E-state index contributed by atoms with van der Waals surface area (Å²) in [4.78, 5) is 24.1. The predicted molar refractivity (Wildman–Crippen MR) is 102 cm³/mol. The highest BCUT2D eigenvalue weighted by Crippen LogP contribution is 2.32. The summed E-state index contributed by atoms with van der Waals surface area (Å²) in [5.74, 6) is -0.323. The lowest BCUT2D eigenvalue weighted by Gasteiger charge is -2.20. The van der Waals surface area contributed by atoms with Crippen molar-refractivity contribution in [3.8, 4) is 17.2 Å². The fourth-order valence-corrected chi connectivity index (χ4v) is 2.78. The number of hydrogen-bond donors (Lipinski definition) is 3. The lowest BCUT2D eigenvalue weighted by molar-refractivity contribution is -0.136. The number of nitrogens with one attached hydrogen (secondary N) is 2. The first-order valence-corrected chi connectivity index (χ1v) is 8.86. The second-order valence-corrected chi connectivity index (χ2v) is 6.36. The molecule has 0 saturated carbocycles. The van der Waals surface area contributed by atoms with Crippen molar-refractivity contribution in [1.82, 2.24) is 5.32 Å². The minimum Gasteiger partial charge on any atom is -0.495 e. The summed E-state index contributed by atoms with van der Waals surface area (Å²) in [7, 11) is 1.43. The number of aliphatic hydroxyl groups excluding tert-OH is 1. The highest BCUT2D eigenvalue weighted by atomic mass is 35.5. The number of amides is 2. The van der Waals surface area contributed by atoms with Gasteiger partial charge in [-0.25, -0.2) is 0 Å². The Morgan fingerprint density at radius 1 is 1.14 bits per heavy atom. The van der Waals surface area contributed by atoms with Crippen LogP contribution in [0, 0.1) is 0 Å². The zero-order valence-corrected chi connectivity index (χ0v) is 15.8. The van der Waals surface area contributed by atoms with Gasteiger partial charge in [-0.05, 0) is 35.9 Å². The van der Waals surface area contributed by atoms with Crippen molar-refractivity contribution in [2.24, 2.45) is 0 Å². The van der Waals surface area contributed by atoms with E-state index in [0.717, 1.165) is 0 Å². The van der Waals surface area contributed by atoms with Crippen LogP contribution >= 0.6 is 11.6 Å². The quantitative estimate of drug-likeness (QED) is 0.655. The van der Waals surface area contributed by atoms with E-state index in [1.165, 1.54) is 13.2 Å². The molecule has 0 unspecified atom stereocenters. The first kappa shape index (κ1) is 19.8. The van der Waals surface area contributed by atoms with Gasteiger partial charge in [-0.2, -0.15) is 0 Å². The Hall–Kier alpha value is -2.97. The highest BCUT2D eigenvalue weighted by Gasteiger charge is 2.19. The van der Waals surface area contributed by atoms with E-state index in [4.69, 9.17) is 25.8 Å². The minimum atomic E-state index is -1.02. The Kier molecular flexibility index (Phi) is 6.23. The molecule has 1 atom stereocenters. The van der Waals surface area contributed by atoms with Gasteiger partial charge < -0.3 is 30.0 Å². The molecule has 0 radical (unpaired) electrons. The number of anilines is 1. The molecular formula is C19H19ClN2O6. The van der Waals surface area contributed by atoms with Crippen LogP contribution in [0.1, 0.15) is 11.7 Å². The Bertz CT molecular complexity index is 889. The average molecular weight is 407 g/mol. The van der Waals surface area contributed by atoms with Gasteiger partial charge in [0, 0.05) is 11.6 Å². The van der Waals surface area contributed by atoms with Gasteiger partial charge in [0.05, 0.1) is 18.9 Å². The number of ether oxygens (including phenoxy) is 3. The van der Waals surface area contributed by atoms with Gasteiger partial charge in [-0.15, -0.1) is 0 Å². The molecule has 0 aliphatic carbocycles. The van der Waals surface area contributed by atoms with Gasteiger partial charge in [0.25, 0.3) is 0 Å². The highest BCUT2D eigenvalue weighted by molar-refractivity contribution is 6.40. The lowest BCUT2D eigenvalue weighted by atomic mass is 10.1. The van der Waals surface area contributed by atoms with Crippen LogP contribution < -0.4 is 24.8 Å². The Morgan fingerprint density at radius 3 is 2.64 bits per heavy atom. The zero-order valence-electron chi connectivity index (χ0n) is 15.0. The molecule has 1 aliphatic heterocycles. The molecule has 0 fully saturated rings. The smallest absolute Gasteiger partial charge is 0.313 e. The fraction of sp³-hybridized carbons (Fsp3) is 0.263. The first-order valence-electron chi connectivity index (χ1n) is 8.48. The Morgan fingerprint density at radius 2 is 1.89 bits per heavy atom. The molecule has 2 aromatic carbocycles. The summed E-state index contributed by atoms with van der Waals surface area (Å²) in [6, 6.07) is 9.63. The predicted octanol–water partition coefficient (Wildman–Crippen LogP) is 1.91. The third-order valence-electron chi connectivity index (χ3n) is 4.02. The maximum Gasteiger partial charge on any atom is 0.313 e. The maximum absolute atomic E-state index is 12.1. The normalized spacial score (nSPS) is 13.4. The largest absolute Gasteiger partial charge is 0.495 e. The number of fused-ring (bicyclic) bond motifs is 1. The first-order chi connectivity index (χ1) is 13.5. The number of carbonyl (C=O) groups excluding carboxylic acids is 2. The maximum atomic E-state index is 12.1. The molecular weight excluding hydrogens is 388 g/mol. The average Bonchev–Trinajstić information content (AvgIpc) is 2.71. The number of halogens is 1. The number of carbonyl (C=O) groups is 2. The third kappa shape index (κ3) is 4.65. The minimum absolute atomic E-state index is 0.154. The molecule has 3 N–H and O–H groups in total. The van der Waals surface area contributed by atoms with E-state index < -0.39 is 17.9 Å². The zero-order chi connectivity index (χ0) is 20.1. The van der Waals surface area contributed by atoms with Gasteiger partial charge >= 0.3 is 11.8 Å². The number of hydrogen-bond acceptors (Lipinski definition) is 6. The summed E-state index contributed by atoms with van der Waals surface area (Å²) in [6.07, 6.45) is -1.02. The van der Waals surface area contributed by atoms with Crippen LogP contribution in [-0.2, 0) is 9.59 Å². The van der Waals surface area contributed by atoms with Gasteiger partial charge in [-0.1, -0.05) is 17.7 Å². The molecule has 0 spiro atoms. The molecule has 148 valence electrons. The van der Waals surface area contributed by atoms with Crippen molar-refractivity contribution < 1.29 is 28.9 Å². The molecule has 2 amide bonds. The second kappa shape index (κ2) is 8.81. The van der Waals surface area contributed by atoms with Crippen LogP contribution in [0.4, 0.5) is 5.69 Å². The molecule has 1 heterocycles. The molecule has 9 heteroatoms.